The largest absolute Gasteiger partial charge is 0.380 e. The summed E-state index contributed by atoms with van der Waals surface area (Å²) in [6.45, 7) is 6.24. The predicted octanol–water partition coefficient (Wildman–Crippen LogP) is 2.39. The molecular formula is C10H17N3. The van der Waals surface area contributed by atoms with Gasteiger partial charge in [-0.3, -0.25) is 0 Å². The van der Waals surface area contributed by atoms with Crippen molar-refractivity contribution in [1.82, 2.24) is 9.97 Å². The minimum Gasteiger partial charge on any atom is -0.380 e. The van der Waals surface area contributed by atoms with E-state index in [4.69, 9.17) is 0 Å². The van der Waals surface area contributed by atoms with Crippen molar-refractivity contribution < 1.29 is 0 Å². The molecule has 72 valence electrons. The van der Waals surface area contributed by atoms with Crippen LogP contribution in [0.1, 0.15) is 32.5 Å². The van der Waals surface area contributed by atoms with E-state index in [0.29, 0.717) is 6.04 Å². The Labute approximate surface area is 79.6 Å². The van der Waals surface area contributed by atoms with Gasteiger partial charge >= 0.3 is 0 Å². The van der Waals surface area contributed by atoms with E-state index in [9.17, 15) is 0 Å². The summed E-state index contributed by atoms with van der Waals surface area (Å²) < 4.78 is 0. The topological polar surface area (TPSA) is 37.8 Å². The lowest BCUT2D eigenvalue weighted by Gasteiger charge is -2.15. The van der Waals surface area contributed by atoms with E-state index < -0.39 is 0 Å². The Morgan fingerprint density at radius 2 is 1.77 bits per heavy atom. The third kappa shape index (κ3) is 3.01. The number of aromatic nitrogens is 2. The third-order valence-corrected chi connectivity index (χ3v) is 2.14. The molecule has 0 bridgehead atoms. The van der Waals surface area contributed by atoms with Crippen molar-refractivity contribution in [1.29, 1.82) is 0 Å². The van der Waals surface area contributed by atoms with E-state index in [1.807, 2.05) is 19.3 Å². The summed E-state index contributed by atoms with van der Waals surface area (Å²) in [5.74, 6) is 0.815. The maximum atomic E-state index is 4.13. The predicted molar refractivity (Wildman–Crippen MR) is 54.8 cm³/mol. The first-order valence-electron chi connectivity index (χ1n) is 4.81. The van der Waals surface area contributed by atoms with Crippen molar-refractivity contribution in [3.63, 3.8) is 0 Å². The van der Waals surface area contributed by atoms with Crippen molar-refractivity contribution in [3.05, 3.63) is 18.2 Å². The summed E-state index contributed by atoms with van der Waals surface area (Å²) in [5, 5.41) is 3.38. The van der Waals surface area contributed by atoms with Gasteiger partial charge in [-0.2, -0.15) is 0 Å². The zero-order valence-electron chi connectivity index (χ0n) is 8.54. The number of rotatable bonds is 4. The lowest BCUT2D eigenvalue weighted by atomic mass is 10.2. The third-order valence-electron chi connectivity index (χ3n) is 2.14. The summed E-state index contributed by atoms with van der Waals surface area (Å²) in [6.07, 6.45) is 5.93. The quantitative estimate of drug-likeness (QED) is 0.771. The van der Waals surface area contributed by atoms with E-state index in [2.05, 4.69) is 29.1 Å². The number of hydrogen-bond acceptors (Lipinski definition) is 3. The highest BCUT2D eigenvalue weighted by atomic mass is 15.0. The van der Waals surface area contributed by atoms with Crippen LogP contribution in [0.4, 0.5) is 5.69 Å². The summed E-state index contributed by atoms with van der Waals surface area (Å²) in [6, 6.07) is 0.534. The smallest absolute Gasteiger partial charge is 0.125 e. The second kappa shape index (κ2) is 4.80. The van der Waals surface area contributed by atoms with Gasteiger partial charge in [0.25, 0.3) is 0 Å². The van der Waals surface area contributed by atoms with Gasteiger partial charge in [-0.25, -0.2) is 9.97 Å². The zero-order valence-corrected chi connectivity index (χ0v) is 8.54. The molecule has 1 aromatic heterocycles. The molecular weight excluding hydrogens is 162 g/mol. The average Bonchev–Trinajstić information content (AvgIpc) is 2.17. The van der Waals surface area contributed by atoms with Crippen molar-refractivity contribution in [2.45, 2.75) is 39.7 Å². The summed E-state index contributed by atoms with van der Waals surface area (Å²) in [5.41, 5.74) is 1.01. The Hall–Kier alpha value is -1.12. The van der Waals surface area contributed by atoms with Crippen LogP contribution in [-0.2, 0) is 0 Å². The highest BCUT2D eigenvalue weighted by molar-refractivity contribution is 5.38. The zero-order chi connectivity index (χ0) is 9.68. The van der Waals surface area contributed by atoms with Crippen LogP contribution in [0.3, 0.4) is 0 Å². The summed E-state index contributed by atoms with van der Waals surface area (Å²) in [4.78, 5) is 8.25. The van der Waals surface area contributed by atoms with E-state index in [1.54, 1.807) is 0 Å². The molecule has 3 nitrogen and oxygen atoms in total. The molecule has 3 heteroatoms. The Morgan fingerprint density at radius 1 is 1.23 bits per heavy atom. The molecule has 1 heterocycles. The molecule has 0 aromatic carbocycles. The van der Waals surface area contributed by atoms with Gasteiger partial charge in [-0.15, -0.1) is 0 Å². The van der Waals surface area contributed by atoms with Crippen LogP contribution in [0.2, 0.25) is 0 Å². The first kappa shape index (κ1) is 9.96. The van der Waals surface area contributed by atoms with Crippen LogP contribution in [0.5, 0.6) is 0 Å². The number of nitrogens with zero attached hydrogens (tertiary/aromatic N) is 2. The normalized spacial score (nSPS) is 10.5. The summed E-state index contributed by atoms with van der Waals surface area (Å²) in [7, 11) is 0. The van der Waals surface area contributed by atoms with E-state index in [0.717, 1.165) is 24.4 Å². The molecule has 0 saturated carbocycles. The van der Waals surface area contributed by atoms with Gasteiger partial charge in [0.2, 0.25) is 0 Å². The highest BCUT2D eigenvalue weighted by Gasteiger charge is 2.02. The molecule has 0 amide bonds. The Bertz CT molecular complexity index is 239. The molecule has 0 unspecified atom stereocenters. The van der Waals surface area contributed by atoms with E-state index in [-0.39, 0.29) is 0 Å². The molecule has 0 radical (unpaired) electrons. The highest BCUT2D eigenvalue weighted by Crippen LogP contribution is 2.08. The molecule has 0 spiro atoms. The minimum atomic E-state index is 0.534. The maximum absolute atomic E-state index is 4.13. The second-order valence-corrected chi connectivity index (χ2v) is 3.18. The molecule has 0 fully saturated rings. The van der Waals surface area contributed by atoms with Gasteiger partial charge in [0.05, 0.1) is 18.1 Å². The van der Waals surface area contributed by atoms with Crippen LogP contribution >= 0.6 is 0 Å². The van der Waals surface area contributed by atoms with Gasteiger partial charge in [-0.1, -0.05) is 13.8 Å². The van der Waals surface area contributed by atoms with Gasteiger partial charge in [0, 0.05) is 6.04 Å². The Balaban J connectivity index is 2.58. The SMILES string of the molecule is CCC(CC)Nc1cnc(C)nc1. The lowest BCUT2D eigenvalue weighted by molar-refractivity contribution is 0.670. The lowest BCUT2D eigenvalue weighted by Crippen LogP contribution is -2.17. The fourth-order valence-corrected chi connectivity index (χ4v) is 1.20. The molecule has 1 N–H and O–H groups in total. The van der Waals surface area contributed by atoms with E-state index in [1.165, 1.54) is 0 Å². The molecule has 1 aromatic rings. The Kier molecular flexibility index (Phi) is 3.68. The standard InChI is InChI=1S/C10H17N3/c1-4-9(5-2)13-10-6-11-8(3)12-7-10/h6-7,9,13H,4-5H2,1-3H3. The molecule has 0 atom stereocenters. The minimum absolute atomic E-state index is 0.534. The first-order valence-corrected chi connectivity index (χ1v) is 4.81. The summed E-state index contributed by atoms with van der Waals surface area (Å²) >= 11 is 0. The van der Waals surface area contributed by atoms with Crippen LogP contribution in [0.15, 0.2) is 12.4 Å². The van der Waals surface area contributed by atoms with Crippen molar-refractivity contribution >= 4 is 5.69 Å². The molecule has 0 aliphatic carbocycles. The molecule has 0 saturated heterocycles. The number of hydrogen-bond donors (Lipinski definition) is 1. The van der Waals surface area contributed by atoms with Gasteiger partial charge in [-0.05, 0) is 19.8 Å². The van der Waals surface area contributed by atoms with Crippen LogP contribution < -0.4 is 5.32 Å². The fraction of sp³-hybridized carbons (Fsp3) is 0.600. The first-order chi connectivity index (χ1) is 6.26. The molecule has 1 rings (SSSR count). The number of anilines is 1. The molecule has 0 aliphatic heterocycles. The number of aryl methyl sites for hydroxylation is 1. The molecule has 13 heavy (non-hydrogen) atoms. The van der Waals surface area contributed by atoms with Crippen molar-refractivity contribution in [3.8, 4) is 0 Å². The van der Waals surface area contributed by atoms with Gasteiger partial charge in [0.15, 0.2) is 0 Å². The van der Waals surface area contributed by atoms with Gasteiger partial charge < -0.3 is 5.32 Å². The van der Waals surface area contributed by atoms with Crippen LogP contribution in [0, 0.1) is 6.92 Å². The molecule has 0 aliphatic rings. The van der Waals surface area contributed by atoms with Crippen molar-refractivity contribution in [2.24, 2.45) is 0 Å². The Morgan fingerprint density at radius 3 is 2.23 bits per heavy atom. The number of nitrogens with one attached hydrogen (secondary N) is 1. The van der Waals surface area contributed by atoms with Crippen LogP contribution in [-0.4, -0.2) is 16.0 Å². The maximum Gasteiger partial charge on any atom is 0.125 e. The second-order valence-electron chi connectivity index (χ2n) is 3.18. The monoisotopic (exact) mass is 179 g/mol. The van der Waals surface area contributed by atoms with E-state index >= 15 is 0 Å². The van der Waals surface area contributed by atoms with Crippen LogP contribution in [0.25, 0.3) is 0 Å². The van der Waals surface area contributed by atoms with Crippen molar-refractivity contribution in [2.75, 3.05) is 5.32 Å². The van der Waals surface area contributed by atoms with Gasteiger partial charge in [0.1, 0.15) is 5.82 Å². The average molecular weight is 179 g/mol. The fourth-order valence-electron chi connectivity index (χ4n) is 1.20.